The van der Waals surface area contributed by atoms with Gasteiger partial charge in [-0.1, -0.05) is 0 Å². The van der Waals surface area contributed by atoms with Crippen molar-refractivity contribution in [2.75, 3.05) is 6.61 Å². The third-order valence-corrected chi connectivity index (χ3v) is 6.12. The highest BCUT2D eigenvalue weighted by atomic mass is 16.5. The number of fused-ring (bicyclic) bond motifs is 5. The van der Waals surface area contributed by atoms with Gasteiger partial charge >= 0.3 is 5.97 Å². The van der Waals surface area contributed by atoms with Gasteiger partial charge in [0.1, 0.15) is 0 Å². The lowest BCUT2D eigenvalue weighted by molar-refractivity contribution is 0.0486. The third-order valence-electron chi connectivity index (χ3n) is 6.12. The van der Waals surface area contributed by atoms with Crippen LogP contribution < -0.4 is 0 Å². The van der Waals surface area contributed by atoms with Gasteiger partial charge in [-0.2, -0.15) is 0 Å². The summed E-state index contributed by atoms with van der Waals surface area (Å²) in [6.07, 6.45) is 6.46. The zero-order valence-electron chi connectivity index (χ0n) is 12.4. The van der Waals surface area contributed by atoms with E-state index in [1.807, 2.05) is 6.92 Å². The molecule has 0 amide bonds. The number of rotatable bonds is 4. The number of esters is 1. The van der Waals surface area contributed by atoms with E-state index in [9.17, 15) is 4.79 Å². The Kier molecular flexibility index (Phi) is 2.40. The summed E-state index contributed by atoms with van der Waals surface area (Å²) in [5.41, 5.74) is 0.876. The average molecular weight is 287 g/mol. The Labute approximate surface area is 124 Å². The molecule has 112 valence electrons. The van der Waals surface area contributed by atoms with E-state index in [-0.39, 0.29) is 5.97 Å². The maximum Gasteiger partial charge on any atom is 0.376 e. The van der Waals surface area contributed by atoms with E-state index < -0.39 is 0 Å². The predicted molar refractivity (Wildman–Crippen MR) is 75.0 cm³/mol. The molecule has 4 saturated carbocycles. The maximum atomic E-state index is 12.1. The molecular weight excluding hydrogens is 266 g/mol. The van der Waals surface area contributed by atoms with Crippen LogP contribution in [0.4, 0.5) is 0 Å². The second-order valence-corrected chi connectivity index (χ2v) is 7.27. The molecular formula is C17H21NO3. The van der Waals surface area contributed by atoms with E-state index in [2.05, 4.69) is 0 Å². The first-order valence-electron chi connectivity index (χ1n) is 8.45. The fourth-order valence-electron chi connectivity index (χ4n) is 5.12. The zero-order chi connectivity index (χ0) is 14.1. The van der Waals surface area contributed by atoms with Crippen molar-refractivity contribution in [3.8, 4) is 0 Å². The predicted octanol–water partition coefficient (Wildman–Crippen LogP) is 3.49. The van der Waals surface area contributed by atoms with Crippen LogP contribution in [-0.2, 0) is 4.74 Å². The first kappa shape index (κ1) is 12.2. The van der Waals surface area contributed by atoms with Gasteiger partial charge in [-0.25, -0.2) is 9.78 Å². The summed E-state index contributed by atoms with van der Waals surface area (Å²) in [7, 11) is 0. The molecule has 4 unspecified atom stereocenters. The first-order chi connectivity index (χ1) is 10.3. The lowest BCUT2D eigenvalue weighted by Crippen LogP contribution is -2.05. The van der Waals surface area contributed by atoms with Crippen molar-refractivity contribution < 1.29 is 13.9 Å². The minimum atomic E-state index is -0.327. The van der Waals surface area contributed by atoms with E-state index >= 15 is 0 Å². The van der Waals surface area contributed by atoms with Gasteiger partial charge in [0.05, 0.1) is 12.3 Å². The smallest absolute Gasteiger partial charge is 0.376 e. The van der Waals surface area contributed by atoms with Crippen LogP contribution in [0.2, 0.25) is 0 Å². The Morgan fingerprint density at radius 1 is 1.24 bits per heavy atom. The molecule has 2 bridgehead atoms. The number of oxazole rings is 1. The maximum absolute atomic E-state index is 12.1. The average Bonchev–Trinajstić information content (AvgIpc) is 3.34. The van der Waals surface area contributed by atoms with Crippen molar-refractivity contribution in [3.05, 3.63) is 17.3 Å². The lowest BCUT2D eigenvalue weighted by atomic mass is 10.0. The number of carbonyl (C=O) groups is 1. The number of hydrogen-bond donors (Lipinski definition) is 0. The summed E-state index contributed by atoms with van der Waals surface area (Å²) in [5.74, 6) is 5.22. The van der Waals surface area contributed by atoms with Crippen LogP contribution in [0.25, 0.3) is 0 Å². The molecule has 1 aromatic rings. The van der Waals surface area contributed by atoms with Crippen LogP contribution in [0, 0.1) is 23.7 Å². The van der Waals surface area contributed by atoms with Gasteiger partial charge in [-0.15, -0.1) is 0 Å². The van der Waals surface area contributed by atoms with E-state index in [1.165, 1.54) is 19.3 Å². The molecule has 4 heteroatoms. The van der Waals surface area contributed by atoms with Crippen molar-refractivity contribution in [1.82, 2.24) is 4.98 Å². The summed E-state index contributed by atoms with van der Waals surface area (Å²) in [6, 6.07) is 0. The van der Waals surface area contributed by atoms with E-state index in [0.717, 1.165) is 48.1 Å². The summed E-state index contributed by atoms with van der Waals surface area (Å²) in [5, 5.41) is 0. The van der Waals surface area contributed by atoms with E-state index in [1.54, 1.807) is 0 Å². The van der Waals surface area contributed by atoms with Gasteiger partial charge in [0, 0.05) is 11.8 Å². The highest BCUT2D eigenvalue weighted by Crippen LogP contribution is 2.73. The molecule has 0 aliphatic heterocycles. The van der Waals surface area contributed by atoms with Crippen molar-refractivity contribution in [2.24, 2.45) is 23.7 Å². The van der Waals surface area contributed by atoms with Crippen LogP contribution >= 0.6 is 0 Å². The fraction of sp³-hybridized carbons (Fsp3) is 0.765. The molecule has 1 aromatic heterocycles. The SMILES string of the molecule is CCOC(=O)c1oc(C2C3C4CCC(C4)C23)nc1C1CC1. The normalized spacial score (nSPS) is 39.4. The van der Waals surface area contributed by atoms with Crippen LogP contribution in [-0.4, -0.2) is 17.6 Å². The first-order valence-corrected chi connectivity index (χ1v) is 8.45. The summed E-state index contributed by atoms with van der Waals surface area (Å²) >= 11 is 0. The molecule has 0 N–H and O–H groups in total. The molecule has 0 saturated heterocycles. The van der Waals surface area contributed by atoms with Gasteiger partial charge in [0.25, 0.3) is 0 Å². The number of hydrogen-bond acceptors (Lipinski definition) is 4. The van der Waals surface area contributed by atoms with Crippen LogP contribution in [0.1, 0.15) is 73.0 Å². The van der Waals surface area contributed by atoms with Gasteiger partial charge in [0.15, 0.2) is 5.89 Å². The molecule has 4 nitrogen and oxygen atoms in total. The highest BCUT2D eigenvalue weighted by Gasteiger charge is 2.67. The number of ether oxygens (including phenoxy) is 1. The molecule has 4 fully saturated rings. The Bertz CT molecular complexity index is 587. The molecule has 1 heterocycles. The molecule has 0 radical (unpaired) electrons. The Morgan fingerprint density at radius 2 is 1.95 bits per heavy atom. The van der Waals surface area contributed by atoms with Gasteiger partial charge in [0.2, 0.25) is 5.76 Å². The molecule has 4 atom stereocenters. The zero-order valence-corrected chi connectivity index (χ0v) is 12.4. The summed E-state index contributed by atoms with van der Waals surface area (Å²) in [6.45, 7) is 2.22. The lowest BCUT2D eigenvalue weighted by Gasteiger charge is -2.04. The topological polar surface area (TPSA) is 52.3 Å². The fourth-order valence-corrected chi connectivity index (χ4v) is 5.12. The van der Waals surface area contributed by atoms with Gasteiger partial charge in [-0.05, 0) is 62.7 Å². The quantitative estimate of drug-likeness (QED) is 0.795. The second-order valence-electron chi connectivity index (χ2n) is 7.27. The third kappa shape index (κ3) is 1.68. The minimum Gasteiger partial charge on any atom is -0.460 e. The van der Waals surface area contributed by atoms with Crippen molar-refractivity contribution >= 4 is 5.97 Å². The Balaban J connectivity index is 1.46. The largest absolute Gasteiger partial charge is 0.460 e. The van der Waals surface area contributed by atoms with Gasteiger partial charge in [-0.3, -0.25) is 0 Å². The van der Waals surface area contributed by atoms with Crippen LogP contribution in [0.15, 0.2) is 4.42 Å². The number of carbonyl (C=O) groups excluding carboxylic acids is 1. The number of aromatic nitrogens is 1. The molecule has 4 aliphatic rings. The minimum absolute atomic E-state index is 0.327. The van der Waals surface area contributed by atoms with Crippen molar-refractivity contribution in [1.29, 1.82) is 0 Å². The molecule has 0 aromatic carbocycles. The Hall–Kier alpha value is -1.32. The van der Waals surface area contributed by atoms with Crippen molar-refractivity contribution in [3.63, 3.8) is 0 Å². The van der Waals surface area contributed by atoms with Crippen LogP contribution in [0.5, 0.6) is 0 Å². The second kappa shape index (κ2) is 4.11. The monoisotopic (exact) mass is 287 g/mol. The summed E-state index contributed by atoms with van der Waals surface area (Å²) in [4.78, 5) is 16.8. The summed E-state index contributed by atoms with van der Waals surface area (Å²) < 4.78 is 11.1. The number of nitrogens with zero attached hydrogens (tertiary/aromatic N) is 1. The van der Waals surface area contributed by atoms with E-state index in [0.29, 0.717) is 24.2 Å². The highest BCUT2D eigenvalue weighted by molar-refractivity contribution is 5.87. The van der Waals surface area contributed by atoms with Gasteiger partial charge < -0.3 is 9.15 Å². The van der Waals surface area contributed by atoms with E-state index in [4.69, 9.17) is 14.1 Å². The molecule has 21 heavy (non-hydrogen) atoms. The van der Waals surface area contributed by atoms with Crippen molar-refractivity contribution in [2.45, 2.75) is 50.9 Å². The molecule has 4 aliphatic carbocycles. The van der Waals surface area contributed by atoms with Crippen LogP contribution in [0.3, 0.4) is 0 Å². The Morgan fingerprint density at radius 3 is 2.57 bits per heavy atom. The molecule has 5 rings (SSSR count). The standard InChI is InChI=1S/C17H21NO3/c1-2-20-17(19)15-14(8-3-4-8)18-16(21-15)13-11-9-5-6-10(7-9)12(11)13/h8-13H,2-7H2,1H3. The molecule has 0 spiro atoms.